The molecule has 1 saturated heterocycles. The average molecular weight is 532 g/mol. The Labute approximate surface area is 225 Å². The highest BCUT2D eigenvalue weighted by molar-refractivity contribution is 7.99. The van der Waals surface area contributed by atoms with Crippen LogP contribution in [-0.2, 0) is 16.1 Å². The molecule has 0 radical (unpaired) electrons. The molecule has 38 heavy (non-hydrogen) atoms. The van der Waals surface area contributed by atoms with Crippen LogP contribution in [0.1, 0.15) is 46.0 Å². The van der Waals surface area contributed by atoms with Crippen molar-refractivity contribution < 1.29 is 24.5 Å². The van der Waals surface area contributed by atoms with E-state index in [4.69, 9.17) is 9.47 Å². The molecule has 0 bridgehead atoms. The molecule has 3 N–H and O–H groups in total. The maximum absolute atomic E-state index is 12.9. The number of benzene rings is 3. The molecule has 3 atom stereocenters. The third-order valence-corrected chi connectivity index (χ3v) is 7.33. The number of aliphatic hydroxyl groups excluding tert-OH is 2. The molecule has 1 fully saturated rings. The van der Waals surface area contributed by atoms with E-state index in [1.54, 1.807) is 17.8 Å². The zero-order chi connectivity index (χ0) is 26.3. The zero-order valence-corrected chi connectivity index (χ0v) is 21.5. The molecule has 3 aromatic carbocycles. The van der Waals surface area contributed by atoms with E-state index in [0.29, 0.717) is 23.4 Å². The van der Waals surface area contributed by atoms with Crippen LogP contribution < -0.4 is 5.32 Å². The van der Waals surface area contributed by atoms with Crippen LogP contribution in [0.3, 0.4) is 0 Å². The third-order valence-electron chi connectivity index (χ3n) is 6.25. The number of aliphatic hydroxyl groups is 2. The van der Waals surface area contributed by atoms with Gasteiger partial charge in [-0.15, -0.1) is 0 Å². The van der Waals surface area contributed by atoms with E-state index in [1.807, 2.05) is 66.7 Å². The number of ether oxygens (including phenoxy) is 2. The van der Waals surface area contributed by atoms with E-state index in [9.17, 15) is 15.0 Å². The summed E-state index contributed by atoms with van der Waals surface area (Å²) in [4.78, 5) is 21.7. The highest BCUT2D eigenvalue weighted by atomic mass is 32.2. The lowest BCUT2D eigenvalue weighted by Gasteiger charge is -2.36. The molecule has 0 unspecified atom stereocenters. The summed E-state index contributed by atoms with van der Waals surface area (Å²) in [5.41, 5.74) is 4.83. The van der Waals surface area contributed by atoms with Crippen LogP contribution in [0.4, 0.5) is 5.69 Å². The standard InChI is InChI=1S/C29H29N3O5S/c33-12-13-38-18-23-15-27(20-10-8-19(17-34)9-11-20)37-29(36-23)21-4-3-5-22(14-21)31-28(35)26-16-30-24-6-1-2-7-25(24)32-26/h1-11,14,16,23,27,29,33-34H,12-13,15,17-18H2,(H,31,35)/t23-,27+,29+/m0/s1. The van der Waals surface area contributed by atoms with Crippen molar-refractivity contribution in [2.24, 2.45) is 0 Å². The van der Waals surface area contributed by atoms with Gasteiger partial charge >= 0.3 is 0 Å². The number of fused-ring (bicyclic) bond motifs is 1. The fourth-order valence-electron chi connectivity index (χ4n) is 4.33. The summed E-state index contributed by atoms with van der Waals surface area (Å²) >= 11 is 1.64. The van der Waals surface area contributed by atoms with Crippen molar-refractivity contribution >= 4 is 34.4 Å². The second-order valence-corrected chi connectivity index (χ2v) is 10.1. The van der Waals surface area contributed by atoms with Gasteiger partial charge in [-0.2, -0.15) is 11.8 Å². The van der Waals surface area contributed by atoms with Crippen LogP contribution in [0.2, 0.25) is 0 Å². The molecule has 4 aromatic rings. The van der Waals surface area contributed by atoms with Crippen LogP contribution in [-0.4, -0.2) is 50.3 Å². The van der Waals surface area contributed by atoms with Crippen molar-refractivity contribution in [3.63, 3.8) is 0 Å². The van der Waals surface area contributed by atoms with E-state index < -0.39 is 6.29 Å². The fourth-order valence-corrected chi connectivity index (χ4v) is 5.10. The van der Waals surface area contributed by atoms with Crippen molar-refractivity contribution in [3.05, 3.63) is 101 Å². The van der Waals surface area contributed by atoms with Crippen molar-refractivity contribution in [1.29, 1.82) is 0 Å². The molecular weight excluding hydrogens is 502 g/mol. The molecule has 5 rings (SSSR count). The number of rotatable bonds is 9. The largest absolute Gasteiger partial charge is 0.396 e. The van der Waals surface area contributed by atoms with Gasteiger partial charge < -0.3 is 25.0 Å². The number of thioether (sulfide) groups is 1. The predicted molar refractivity (Wildman–Crippen MR) is 147 cm³/mol. The summed E-state index contributed by atoms with van der Waals surface area (Å²) in [6.07, 6.45) is 1.22. The van der Waals surface area contributed by atoms with E-state index in [1.165, 1.54) is 6.20 Å². The zero-order valence-electron chi connectivity index (χ0n) is 20.7. The second kappa shape index (κ2) is 12.5. The van der Waals surface area contributed by atoms with Gasteiger partial charge in [0, 0.05) is 29.2 Å². The first-order valence-electron chi connectivity index (χ1n) is 12.5. The quantitative estimate of drug-likeness (QED) is 0.268. The smallest absolute Gasteiger partial charge is 0.275 e. The lowest BCUT2D eigenvalue weighted by molar-refractivity contribution is -0.245. The molecule has 1 amide bonds. The Morgan fingerprint density at radius 3 is 2.58 bits per heavy atom. The number of anilines is 1. The molecule has 1 aliphatic heterocycles. The number of nitrogens with zero attached hydrogens (tertiary/aromatic N) is 2. The summed E-state index contributed by atoms with van der Waals surface area (Å²) in [6.45, 7) is 0.105. The molecule has 1 aliphatic rings. The maximum atomic E-state index is 12.9. The van der Waals surface area contributed by atoms with Crippen molar-refractivity contribution in [2.45, 2.75) is 31.5 Å². The number of carbonyl (C=O) groups excluding carboxylic acids is 1. The second-order valence-electron chi connectivity index (χ2n) is 8.97. The van der Waals surface area contributed by atoms with E-state index >= 15 is 0 Å². The molecule has 0 saturated carbocycles. The molecule has 2 heterocycles. The normalized spacial score (nSPS) is 19.4. The number of aromatic nitrogens is 2. The molecular formula is C29H29N3O5S. The summed E-state index contributed by atoms with van der Waals surface area (Å²) in [6, 6.07) is 22.5. The summed E-state index contributed by atoms with van der Waals surface area (Å²) in [7, 11) is 0. The molecule has 196 valence electrons. The molecule has 8 nitrogen and oxygen atoms in total. The van der Waals surface area contributed by atoms with Crippen molar-refractivity contribution in [2.75, 3.05) is 23.4 Å². The number of hydrogen-bond donors (Lipinski definition) is 3. The first kappa shape index (κ1) is 26.3. The Morgan fingerprint density at radius 2 is 1.79 bits per heavy atom. The maximum Gasteiger partial charge on any atom is 0.275 e. The number of amides is 1. The topological polar surface area (TPSA) is 114 Å². The van der Waals surface area contributed by atoms with Gasteiger partial charge in [0.1, 0.15) is 5.69 Å². The Kier molecular flexibility index (Phi) is 8.62. The van der Waals surface area contributed by atoms with Crippen molar-refractivity contribution in [3.8, 4) is 0 Å². The van der Waals surface area contributed by atoms with Crippen LogP contribution in [0.15, 0.2) is 79.0 Å². The number of carbonyl (C=O) groups is 1. The van der Waals surface area contributed by atoms with Gasteiger partial charge in [0.15, 0.2) is 6.29 Å². The van der Waals surface area contributed by atoms with Gasteiger partial charge in [-0.25, -0.2) is 4.98 Å². The van der Waals surface area contributed by atoms with Gasteiger partial charge in [-0.05, 0) is 35.4 Å². The van der Waals surface area contributed by atoms with E-state index in [2.05, 4.69) is 15.3 Å². The van der Waals surface area contributed by atoms with E-state index in [-0.39, 0.29) is 37.0 Å². The Hall–Kier alpha value is -3.34. The van der Waals surface area contributed by atoms with Crippen LogP contribution in [0.5, 0.6) is 0 Å². The Morgan fingerprint density at radius 1 is 0.974 bits per heavy atom. The minimum atomic E-state index is -0.636. The van der Waals surface area contributed by atoms with Gasteiger partial charge in [0.25, 0.3) is 5.91 Å². The van der Waals surface area contributed by atoms with Crippen LogP contribution >= 0.6 is 11.8 Å². The Bertz CT molecular complexity index is 1380. The minimum absolute atomic E-state index is 0.0126. The fraction of sp³-hybridized carbons (Fsp3) is 0.276. The SMILES string of the molecule is O=C(Nc1cccc([C@@H]2O[C@H](CSCCO)C[C@H](c3ccc(CO)cc3)O2)c1)c1cnc2ccccc2n1. The Balaban J connectivity index is 1.33. The molecule has 0 aliphatic carbocycles. The number of para-hydroxylation sites is 2. The van der Waals surface area contributed by atoms with E-state index in [0.717, 1.165) is 28.0 Å². The average Bonchev–Trinajstić information content (AvgIpc) is 2.97. The lowest BCUT2D eigenvalue weighted by atomic mass is 10.0. The summed E-state index contributed by atoms with van der Waals surface area (Å²) in [5, 5.41) is 21.5. The number of nitrogens with one attached hydrogen (secondary N) is 1. The van der Waals surface area contributed by atoms with Gasteiger partial charge in [0.05, 0.1) is 42.7 Å². The highest BCUT2D eigenvalue weighted by Gasteiger charge is 2.32. The first-order valence-corrected chi connectivity index (χ1v) is 13.6. The predicted octanol–water partition coefficient (Wildman–Crippen LogP) is 4.65. The van der Waals surface area contributed by atoms with Gasteiger partial charge in [0.2, 0.25) is 0 Å². The summed E-state index contributed by atoms with van der Waals surface area (Å²) < 4.78 is 12.7. The third kappa shape index (κ3) is 6.38. The highest BCUT2D eigenvalue weighted by Crippen LogP contribution is 2.39. The van der Waals surface area contributed by atoms with Crippen LogP contribution in [0.25, 0.3) is 11.0 Å². The van der Waals surface area contributed by atoms with Crippen molar-refractivity contribution in [1.82, 2.24) is 9.97 Å². The monoisotopic (exact) mass is 531 g/mol. The molecule has 0 spiro atoms. The lowest BCUT2D eigenvalue weighted by Crippen LogP contribution is -2.31. The molecule has 1 aromatic heterocycles. The summed E-state index contributed by atoms with van der Waals surface area (Å²) in [5.74, 6) is 1.01. The van der Waals surface area contributed by atoms with Gasteiger partial charge in [-0.1, -0.05) is 48.5 Å². The minimum Gasteiger partial charge on any atom is -0.396 e. The number of hydrogen-bond acceptors (Lipinski definition) is 8. The molecule has 9 heteroatoms. The van der Waals surface area contributed by atoms with Crippen LogP contribution in [0, 0.1) is 0 Å². The first-order chi connectivity index (χ1) is 18.6. The van der Waals surface area contributed by atoms with Gasteiger partial charge in [-0.3, -0.25) is 9.78 Å².